The van der Waals surface area contributed by atoms with Crippen LogP contribution in [-0.2, 0) is 25.8 Å². The van der Waals surface area contributed by atoms with Gasteiger partial charge in [-0.25, -0.2) is 8.42 Å². The van der Waals surface area contributed by atoms with Crippen LogP contribution in [-0.4, -0.2) is 37.2 Å². The molecule has 0 aromatic heterocycles. The van der Waals surface area contributed by atoms with Crippen molar-refractivity contribution in [2.24, 2.45) is 5.92 Å². The van der Waals surface area contributed by atoms with Crippen LogP contribution in [0.5, 0.6) is 0 Å². The molecule has 2 atom stereocenters. The summed E-state index contributed by atoms with van der Waals surface area (Å²) in [5.74, 6) is -1.41. The molecule has 0 radical (unpaired) electrons. The minimum atomic E-state index is -3.29. The van der Waals surface area contributed by atoms with Gasteiger partial charge in [0.15, 0.2) is 9.84 Å². The van der Waals surface area contributed by atoms with Gasteiger partial charge in [-0.3, -0.25) is 9.59 Å². The Kier molecular flexibility index (Phi) is 5.41. The zero-order valence-corrected chi connectivity index (χ0v) is 13.8. The number of carbonyl (C=O) groups is 2. The number of hydrogen-bond donors (Lipinski definition) is 2. The number of rotatable bonds is 6. The summed E-state index contributed by atoms with van der Waals surface area (Å²) in [6.07, 6.45) is 1.77. The Morgan fingerprint density at radius 3 is 2.65 bits per heavy atom. The fourth-order valence-electron chi connectivity index (χ4n) is 2.82. The van der Waals surface area contributed by atoms with Crippen LogP contribution in [0.4, 0.5) is 0 Å². The average Bonchev–Trinajstić information content (AvgIpc) is 2.96. The summed E-state index contributed by atoms with van der Waals surface area (Å²) >= 11 is 0. The molecule has 0 unspecified atom stereocenters. The molecule has 0 spiro atoms. The monoisotopic (exact) mass is 339 g/mol. The molecule has 1 saturated carbocycles. The number of aliphatic carboxylic acids is 1. The summed E-state index contributed by atoms with van der Waals surface area (Å²) in [4.78, 5) is 23.2. The van der Waals surface area contributed by atoms with Gasteiger partial charge in [-0.2, -0.15) is 0 Å². The molecule has 2 N–H and O–H groups in total. The quantitative estimate of drug-likeness (QED) is 0.816. The van der Waals surface area contributed by atoms with Crippen LogP contribution in [0.2, 0.25) is 0 Å². The number of carboxylic acid groups (broad SMARTS) is 1. The van der Waals surface area contributed by atoms with E-state index in [1.807, 2.05) is 0 Å². The first-order valence-electron chi connectivity index (χ1n) is 7.65. The van der Waals surface area contributed by atoms with E-state index in [9.17, 15) is 18.0 Å². The van der Waals surface area contributed by atoms with Gasteiger partial charge in [0.1, 0.15) is 0 Å². The molecule has 0 bridgehead atoms. The van der Waals surface area contributed by atoms with Gasteiger partial charge in [0.2, 0.25) is 5.91 Å². The zero-order valence-electron chi connectivity index (χ0n) is 13.0. The van der Waals surface area contributed by atoms with Crippen LogP contribution in [0.1, 0.15) is 31.7 Å². The molecule has 23 heavy (non-hydrogen) atoms. The molecule has 6 nitrogen and oxygen atoms in total. The van der Waals surface area contributed by atoms with E-state index in [1.54, 1.807) is 19.1 Å². The van der Waals surface area contributed by atoms with Gasteiger partial charge in [0, 0.05) is 6.04 Å². The SMILES string of the molecule is CCS(=O)(=O)c1cccc(CC(=O)N[C@@H]2CC[C@H](C(=O)O)C2)c1. The normalized spacial score (nSPS) is 21.1. The largest absolute Gasteiger partial charge is 0.481 e. The second-order valence-electron chi connectivity index (χ2n) is 5.84. The molecule has 7 heteroatoms. The Balaban J connectivity index is 1.96. The third-order valence-electron chi connectivity index (χ3n) is 4.15. The van der Waals surface area contributed by atoms with E-state index >= 15 is 0 Å². The van der Waals surface area contributed by atoms with Gasteiger partial charge in [-0.15, -0.1) is 0 Å². The first kappa shape index (κ1) is 17.5. The van der Waals surface area contributed by atoms with Gasteiger partial charge in [-0.05, 0) is 37.0 Å². The van der Waals surface area contributed by atoms with Crippen LogP contribution < -0.4 is 5.32 Å². The van der Waals surface area contributed by atoms with E-state index in [0.29, 0.717) is 24.8 Å². The maximum absolute atomic E-state index is 12.1. The minimum absolute atomic E-state index is 0.0152. The first-order valence-corrected chi connectivity index (χ1v) is 9.31. The molecule has 126 valence electrons. The van der Waals surface area contributed by atoms with Crippen molar-refractivity contribution in [2.75, 3.05) is 5.75 Å². The molecule has 0 aliphatic heterocycles. The fraction of sp³-hybridized carbons (Fsp3) is 0.500. The van der Waals surface area contributed by atoms with Gasteiger partial charge in [0.25, 0.3) is 0 Å². The molecular weight excluding hydrogens is 318 g/mol. The summed E-state index contributed by atoms with van der Waals surface area (Å²) in [5, 5.41) is 11.8. The summed E-state index contributed by atoms with van der Waals surface area (Å²) in [7, 11) is -3.29. The lowest BCUT2D eigenvalue weighted by molar-refractivity contribution is -0.141. The highest BCUT2D eigenvalue weighted by Crippen LogP contribution is 2.25. The van der Waals surface area contributed by atoms with E-state index in [-0.39, 0.29) is 29.0 Å². The van der Waals surface area contributed by atoms with Crippen molar-refractivity contribution in [1.82, 2.24) is 5.32 Å². The lowest BCUT2D eigenvalue weighted by Crippen LogP contribution is -2.34. The van der Waals surface area contributed by atoms with Crippen molar-refractivity contribution in [1.29, 1.82) is 0 Å². The van der Waals surface area contributed by atoms with Gasteiger partial charge in [0.05, 0.1) is 23.0 Å². The molecule has 1 aromatic rings. The standard InChI is InChI=1S/C16H21NO5S/c1-2-23(21,22)14-5-3-4-11(8-14)9-15(18)17-13-7-6-12(10-13)16(19)20/h3-5,8,12-13H,2,6-7,9-10H2,1H3,(H,17,18)(H,19,20)/t12-,13+/m0/s1. The topological polar surface area (TPSA) is 101 Å². The lowest BCUT2D eigenvalue weighted by Gasteiger charge is -2.12. The van der Waals surface area contributed by atoms with E-state index in [1.165, 1.54) is 12.1 Å². The van der Waals surface area contributed by atoms with Crippen LogP contribution in [0.3, 0.4) is 0 Å². The summed E-state index contributed by atoms with van der Waals surface area (Å²) in [5.41, 5.74) is 0.629. The number of sulfone groups is 1. The molecule has 2 rings (SSSR count). The number of hydrogen-bond acceptors (Lipinski definition) is 4. The maximum Gasteiger partial charge on any atom is 0.306 e. The van der Waals surface area contributed by atoms with Crippen LogP contribution in [0.25, 0.3) is 0 Å². The average molecular weight is 339 g/mol. The fourth-order valence-corrected chi connectivity index (χ4v) is 3.77. The predicted octanol–water partition coefficient (Wildman–Crippen LogP) is 1.39. The summed E-state index contributed by atoms with van der Waals surface area (Å²) < 4.78 is 23.7. The highest BCUT2D eigenvalue weighted by atomic mass is 32.2. The lowest BCUT2D eigenvalue weighted by atomic mass is 10.1. The van der Waals surface area contributed by atoms with Crippen molar-refractivity contribution in [3.63, 3.8) is 0 Å². The molecule has 1 fully saturated rings. The van der Waals surface area contributed by atoms with Crippen molar-refractivity contribution in [2.45, 2.75) is 43.5 Å². The second kappa shape index (κ2) is 7.12. The van der Waals surface area contributed by atoms with E-state index < -0.39 is 21.7 Å². The first-order chi connectivity index (χ1) is 10.8. The molecule has 1 aromatic carbocycles. The van der Waals surface area contributed by atoms with Crippen LogP contribution >= 0.6 is 0 Å². The predicted molar refractivity (Wildman–Crippen MR) is 84.8 cm³/mol. The van der Waals surface area contributed by atoms with Crippen molar-refractivity contribution in [3.05, 3.63) is 29.8 Å². The summed E-state index contributed by atoms with van der Waals surface area (Å²) in [6.45, 7) is 1.58. The van der Waals surface area contributed by atoms with Gasteiger partial charge >= 0.3 is 5.97 Å². The van der Waals surface area contributed by atoms with Crippen molar-refractivity contribution in [3.8, 4) is 0 Å². The zero-order chi connectivity index (χ0) is 17.0. The number of carboxylic acids is 1. The molecular formula is C16H21NO5S. The van der Waals surface area contributed by atoms with E-state index in [4.69, 9.17) is 5.11 Å². The van der Waals surface area contributed by atoms with Crippen molar-refractivity contribution < 1.29 is 23.1 Å². The molecule has 1 amide bonds. The third-order valence-corrected chi connectivity index (χ3v) is 5.88. The van der Waals surface area contributed by atoms with E-state index in [2.05, 4.69) is 5.32 Å². The third kappa shape index (κ3) is 4.54. The Hall–Kier alpha value is -1.89. The van der Waals surface area contributed by atoms with Gasteiger partial charge < -0.3 is 10.4 Å². The Morgan fingerprint density at radius 2 is 2.04 bits per heavy atom. The second-order valence-corrected chi connectivity index (χ2v) is 8.12. The molecule has 1 aliphatic carbocycles. The number of carbonyl (C=O) groups excluding carboxylic acids is 1. The van der Waals surface area contributed by atoms with Crippen molar-refractivity contribution >= 4 is 21.7 Å². The minimum Gasteiger partial charge on any atom is -0.481 e. The summed E-state index contributed by atoms with van der Waals surface area (Å²) in [6, 6.07) is 6.26. The highest BCUT2D eigenvalue weighted by molar-refractivity contribution is 7.91. The smallest absolute Gasteiger partial charge is 0.306 e. The number of benzene rings is 1. The van der Waals surface area contributed by atoms with Crippen LogP contribution in [0.15, 0.2) is 29.2 Å². The maximum atomic E-state index is 12.1. The Bertz CT molecular complexity index is 698. The molecule has 0 saturated heterocycles. The number of nitrogens with one attached hydrogen (secondary N) is 1. The van der Waals surface area contributed by atoms with Gasteiger partial charge in [-0.1, -0.05) is 19.1 Å². The Labute approximate surface area is 135 Å². The molecule has 0 heterocycles. The number of amides is 1. The highest BCUT2D eigenvalue weighted by Gasteiger charge is 2.30. The molecule has 1 aliphatic rings. The Morgan fingerprint density at radius 1 is 1.30 bits per heavy atom. The van der Waals surface area contributed by atoms with Crippen LogP contribution in [0, 0.1) is 5.92 Å². The van der Waals surface area contributed by atoms with E-state index in [0.717, 1.165) is 0 Å².